The number of β-lactam (4-membered cyclic amide) rings is 1. The maximum Gasteiger partial charge on any atom is 0.355 e. The van der Waals surface area contributed by atoms with Crippen molar-refractivity contribution in [1.29, 1.82) is 0 Å². The van der Waals surface area contributed by atoms with Gasteiger partial charge in [0.25, 0.3) is 5.69 Å². The Bertz CT molecular complexity index is 1050. The van der Waals surface area contributed by atoms with Crippen molar-refractivity contribution in [2.75, 3.05) is 0 Å². The number of aryl methyl sites for hydroxylation is 1. The number of esters is 1. The Morgan fingerprint density at radius 1 is 1.43 bits per heavy atom. The van der Waals surface area contributed by atoms with Crippen molar-refractivity contribution in [2.45, 2.75) is 39.0 Å². The van der Waals surface area contributed by atoms with Gasteiger partial charge in [-0.3, -0.25) is 14.9 Å². The largest absolute Gasteiger partial charge is 0.456 e. The molecule has 1 N–H and O–H groups in total. The molecule has 1 aromatic carbocycles. The van der Waals surface area contributed by atoms with Crippen LogP contribution in [0.25, 0.3) is 5.57 Å². The van der Waals surface area contributed by atoms with E-state index in [0.29, 0.717) is 29.0 Å². The number of ether oxygens (including phenoxy) is 1. The van der Waals surface area contributed by atoms with Crippen LogP contribution in [-0.4, -0.2) is 44.1 Å². The van der Waals surface area contributed by atoms with Gasteiger partial charge in [-0.05, 0) is 31.5 Å². The van der Waals surface area contributed by atoms with Gasteiger partial charge in [0.05, 0.1) is 28.7 Å². The number of carbonyl (C=O) groups is 2. The Hall–Kier alpha value is -3.53. The third-order valence-corrected chi connectivity index (χ3v) is 5.36. The predicted molar refractivity (Wildman–Crippen MR) is 101 cm³/mol. The number of aliphatic hydroxyl groups excluding tert-OH is 1. The molecule has 4 rings (SSSR count). The Morgan fingerprint density at radius 2 is 2.13 bits per heavy atom. The van der Waals surface area contributed by atoms with Crippen LogP contribution in [-0.2, 0) is 20.9 Å². The predicted octanol–water partition coefficient (Wildman–Crippen LogP) is 1.96. The number of rotatable bonds is 6. The lowest BCUT2D eigenvalue weighted by Crippen LogP contribution is -2.61. The first-order valence-corrected chi connectivity index (χ1v) is 9.36. The van der Waals surface area contributed by atoms with Crippen molar-refractivity contribution in [2.24, 2.45) is 5.92 Å². The molecular formula is C20H19N3O7. The third kappa shape index (κ3) is 3.24. The van der Waals surface area contributed by atoms with E-state index in [1.54, 1.807) is 19.9 Å². The summed E-state index contributed by atoms with van der Waals surface area (Å²) in [7, 11) is 0. The van der Waals surface area contributed by atoms with E-state index >= 15 is 0 Å². The zero-order chi connectivity index (χ0) is 21.6. The van der Waals surface area contributed by atoms with Crippen LogP contribution in [0, 0.1) is 23.0 Å². The molecule has 0 bridgehead atoms. The van der Waals surface area contributed by atoms with Gasteiger partial charge in [-0.15, -0.1) is 0 Å². The summed E-state index contributed by atoms with van der Waals surface area (Å²) >= 11 is 0. The van der Waals surface area contributed by atoms with Crippen molar-refractivity contribution >= 4 is 23.1 Å². The number of nitrogens with zero attached hydrogens (tertiary/aromatic N) is 3. The fraction of sp³-hybridized carbons (Fsp3) is 0.350. The second-order valence-corrected chi connectivity index (χ2v) is 7.41. The smallest absolute Gasteiger partial charge is 0.355 e. The molecule has 0 unspecified atom stereocenters. The van der Waals surface area contributed by atoms with Crippen molar-refractivity contribution < 1.29 is 28.9 Å². The molecular weight excluding hydrogens is 394 g/mol. The number of benzene rings is 1. The Balaban J connectivity index is 1.57. The van der Waals surface area contributed by atoms with Crippen molar-refractivity contribution in [3.8, 4) is 0 Å². The van der Waals surface area contributed by atoms with Gasteiger partial charge in [-0.1, -0.05) is 5.16 Å². The number of hydrogen-bond acceptors (Lipinski definition) is 8. The summed E-state index contributed by atoms with van der Waals surface area (Å²) in [6, 6.07) is 6.96. The highest BCUT2D eigenvalue weighted by Crippen LogP contribution is 2.47. The summed E-state index contributed by atoms with van der Waals surface area (Å²) in [5.74, 6) is -1.27. The number of amides is 1. The van der Waals surface area contributed by atoms with Crippen LogP contribution < -0.4 is 0 Å². The molecule has 3 atom stereocenters. The number of nitro groups is 1. The lowest BCUT2D eigenvalue weighted by Gasteiger charge is -2.44. The summed E-state index contributed by atoms with van der Waals surface area (Å²) in [6.45, 7) is 3.17. The summed E-state index contributed by atoms with van der Waals surface area (Å²) in [4.78, 5) is 37.0. The molecule has 2 aromatic rings. The molecule has 2 aliphatic heterocycles. The van der Waals surface area contributed by atoms with E-state index in [0.717, 1.165) is 0 Å². The number of nitro benzene ring substituents is 1. The second-order valence-electron chi connectivity index (χ2n) is 7.41. The van der Waals surface area contributed by atoms with E-state index in [1.165, 1.54) is 29.2 Å². The molecule has 1 saturated heterocycles. The maximum absolute atomic E-state index is 12.9. The average molecular weight is 413 g/mol. The number of fused-ring (bicyclic) bond motifs is 1. The summed E-state index contributed by atoms with van der Waals surface area (Å²) < 4.78 is 10.7. The van der Waals surface area contributed by atoms with Gasteiger partial charge >= 0.3 is 5.97 Å². The zero-order valence-corrected chi connectivity index (χ0v) is 16.3. The third-order valence-electron chi connectivity index (χ3n) is 5.36. The minimum absolute atomic E-state index is 0.0651. The molecule has 156 valence electrons. The van der Waals surface area contributed by atoms with Gasteiger partial charge in [0, 0.05) is 30.2 Å². The van der Waals surface area contributed by atoms with E-state index in [4.69, 9.17) is 9.26 Å². The second kappa shape index (κ2) is 7.38. The minimum atomic E-state index is -0.841. The van der Waals surface area contributed by atoms with E-state index in [2.05, 4.69) is 5.16 Å². The van der Waals surface area contributed by atoms with Crippen LogP contribution in [0.15, 0.2) is 40.6 Å². The molecule has 2 aliphatic rings. The molecule has 10 nitrogen and oxygen atoms in total. The summed E-state index contributed by atoms with van der Waals surface area (Å²) in [5.41, 5.74) is 1.72. The van der Waals surface area contributed by atoms with Gasteiger partial charge in [0.1, 0.15) is 12.3 Å². The Kier molecular flexibility index (Phi) is 4.86. The number of aliphatic hydroxyl groups is 1. The first kappa shape index (κ1) is 19.8. The summed E-state index contributed by atoms with van der Waals surface area (Å²) in [6.07, 6.45) is -0.496. The molecule has 30 heavy (non-hydrogen) atoms. The van der Waals surface area contributed by atoms with Crippen LogP contribution in [0.2, 0.25) is 0 Å². The molecule has 0 spiro atoms. The Labute approximate surface area is 170 Å². The highest BCUT2D eigenvalue weighted by Gasteiger charge is 2.57. The number of non-ortho nitro benzene ring substituents is 1. The molecule has 3 heterocycles. The number of carbonyl (C=O) groups excluding carboxylic acids is 2. The van der Waals surface area contributed by atoms with E-state index in [-0.39, 0.29) is 29.9 Å². The maximum atomic E-state index is 12.9. The van der Waals surface area contributed by atoms with E-state index in [1.807, 2.05) is 0 Å². The fourth-order valence-corrected chi connectivity index (χ4v) is 3.92. The monoisotopic (exact) mass is 413 g/mol. The average Bonchev–Trinajstić information content (AvgIpc) is 3.27. The zero-order valence-electron chi connectivity index (χ0n) is 16.3. The molecule has 1 fully saturated rings. The van der Waals surface area contributed by atoms with E-state index < -0.39 is 22.9 Å². The lowest BCUT2D eigenvalue weighted by atomic mass is 9.83. The molecule has 1 aromatic heterocycles. The van der Waals surface area contributed by atoms with Crippen LogP contribution in [0.3, 0.4) is 0 Å². The van der Waals surface area contributed by atoms with Crippen molar-refractivity contribution in [3.05, 3.63) is 63.2 Å². The van der Waals surface area contributed by atoms with Crippen molar-refractivity contribution in [1.82, 2.24) is 10.1 Å². The van der Waals surface area contributed by atoms with Gasteiger partial charge in [0.15, 0.2) is 5.76 Å². The first-order chi connectivity index (χ1) is 14.3. The SMILES string of the molecule is Cc1cc(C2=C(C(=O)OCc3ccc([N+](=O)[O-])cc3)N3C(=O)[C@H]([C@@H](C)O)[C@H]3C2)on1. The van der Waals surface area contributed by atoms with E-state index in [9.17, 15) is 24.8 Å². The van der Waals surface area contributed by atoms with Gasteiger partial charge in [-0.2, -0.15) is 0 Å². The highest BCUT2D eigenvalue weighted by atomic mass is 16.6. The van der Waals surface area contributed by atoms with Crippen LogP contribution >= 0.6 is 0 Å². The molecule has 0 radical (unpaired) electrons. The van der Waals surface area contributed by atoms with Crippen LogP contribution in [0.5, 0.6) is 0 Å². The fourth-order valence-electron chi connectivity index (χ4n) is 3.92. The summed E-state index contributed by atoms with van der Waals surface area (Å²) in [5, 5.41) is 24.5. The highest BCUT2D eigenvalue weighted by molar-refractivity contribution is 6.06. The Morgan fingerprint density at radius 3 is 2.70 bits per heavy atom. The standard InChI is InChI=1S/C20H19N3O7/c1-10-7-16(30-21-10)14-8-15-17(11(2)24)19(25)22(15)18(14)20(26)29-9-12-3-5-13(6-4-12)23(27)28/h3-7,11,15,17,24H,8-9H2,1-2H3/t11-,15-,17-/m1/s1. The quantitative estimate of drug-likeness (QED) is 0.328. The number of aromatic nitrogens is 1. The topological polar surface area (TPSA) is 136 Å². The molecule has 1 amide bonds. The van der Waals surface area contributed by atoms with Gasteiger partial charge in [-0.25, -0.2) is 4.79 Å². The van der Waals surface area contributed by atoms with Crippen LogP contribution in [0.4, 0.5) is 5.69 Å². The lowest BCUT2D eigenvalue weighted by molar-refractivity contribution is -0.384. The molecule has 10 heteroatoms. The van der Waals surface area contributed by atoms with Gasteiger partial charge < -0.3 is 19.3 Å². The molecule has 0 saturated carbocycles. The normalized spacial score (nSPS) is 21.3. The van der Waals surface area contributed by atoms with Crippen molar-refractivity contribution in [3.63, 3.8) is 0 Å². The molecule has 0 aliphatic carbocycles. The minimum Gasteiger partial charge on any atom is -0.456 e. The first-order valence-electron chi connectivity index (χ1n) is 9.36. The number of hydrogen-bond donors (Lipinski definition) is 1. The van der Waals surface area contributed by atoms with Gasteiger partial charge in [0.2, 0.25) is 5.91 Å². The van der Waals surface area contributed by atoms with Crippen LogP contribution in [0.1, 0.15) is 30.4 Å².